The van der Waals surface area contributed by atoms with Crippen LogP contribution < -0.4 is 4.74 Å². The summed E-state index contributed by atoms with van der Waals surface area (Å²) in [6.45, 7) is 0. The Morgan fingerprint density at radius 3 is 2.60 bits per heavy atom. The van der Waals surface area contributed by atoms with Gasteiger partial charge in [0.15, 0.2) is 5.78 Å². The number of carbonyl (C=O) groups excluding carboxylic acids is 1. The maximum absolute atomic E-state index is 11.2. The van der Waals surface area contributed by atoms with Crippen molar-refractivity contribution in [1.82, 2.24) is 0 Å². The number of ether oxygens (including phenoxy) is 1. The fourth-order valence-electron chi connectivity index (χ4n) is 1.44. The van der Waals surface area contributed by atoms with Crippen LogP contribution in [0.15, 0.2) is 41.5 Å². The number of hydrogen-bond acceptors (Lipinski definition) is 3. The second kappa shape index (κ2) is 4.09. The Morgan fingerprint density at radius 2 is 2.00 bits per heavy atom. The van der Waals surface area contributed by atoms with Gasteiger partial charge in [0.1, 0.15) is 5.75 Å². The number of carbonyl (C=O) groups is 1. The molecule has 3 heteroatoms. The zero-order chi connectivity index (χ0) is 10.7. The van der Waals surface area contributed by atoms with Crippen LogP contribution in [0.2, 0.25) is 0 Å². The van der Waals surface area contributed by atoms with Crippen LogP contribution in [-0.2, 0) is 4.79 Å². The molecule has 15 heavy (non-hydrogen) atoms. The third kappa shape index (κ3) is 2.13. The molecule has 1 heterocycles. The highest BCUT2D eigenvalue weighted by Gasteiger charge is 2.10. The molecule has 0 spiro atoms. The molecule has 1 aliphatic heterocycles. The van der Waals surface area contributed by atoms with Crippen molar-refractivity contribution in [3.63, 3.8) is 0 Å². The number of ketones is 1. The van der Waals surface area contributed by atoms with Crippen LogP contribution >= 0.6 is 0 Å². The molecule has 0 aliphatic carbocycles. The maximum Gasteiger partial charge on any atom is 0.163 e. The van der Waals surface area contributed by atoms with E-state index in [9.17, 15) is 4.79 Å². The minimum absolute atomic E-state index is 0.0934. The van der Waals surface area contributed by atoms with E-state index in [2.05, 4.69) is 4.99 Å². The minimum Gasteiger partial charge on any atom is -0.497 e. The molecule has 0 amide bonds. The van der Waals surface area contributed by atoms with Crippen LogP contribution in [0.3, 0.4) is 0 Å². The molecule has 0 atom stereocenters. The summed E-state index contributed by atoms with van der Waals surface area (Å²) in [5.41, 5.74) is 1.78. The molecule has 0 radical (unpaired) electrons. The normalized spacial score (nSPS) is 15.0. The van der Waals surface area contributed by atoms with Gasteiger partial charge in [-0.05, 0) is 35.9 Å². The second-order valence-corrected chi connectivity index (χ2v) is 3.26. The number of benzene rings is 1. The summed E-state index contributed by atoms with van der Waals surface area (Å²) >= 11 is 0. The first-order chi connectivity index (χ1) is 7.29. The number of nitrogens with zero attached hydrogens (tertiary/aromatic N) is 1. The van der Waals surface area contributed by atoms with Crippen LogP contribution in [-0.4, -0.2) is 18.6 Å². The van der Waals surface area contributed by atoms with Gasteiger partial charge in [-0.2, -0.15) is 0 Å². The van der Waals surface area contributed by atoms with Crippen LogP contribution in [0.5, 0.6) is 5.75 Å². The number of methoxy groups -OCH3 is 1. The first-order valence-electron chi connectivity index (χ1n) is 4.70. The van der Waals surface area contributed by atoms with E-state index in [1.54, 1.807) is 13.3 Å². The molecule has 0 saturated heterocycles. The highest BCUT2D eigenvalue weighted by molar-refractivity contribution is 6.15. The molecule has 0 N–H and O–H groups in total. The SMILES string of the molecule is COc1ccc(C2=NC=CC(=O)C2)cc1. The van der Waals surface area contributed by atoms with Gasteiger partial charge in [-0.15, -0.1) is 0 Å². The zero-order valence-electron chi connectivity index (χ0n) is 8.43. The molecule has 0 unspecified atom stereocenters. The van der Waals surface area contributed by atoms with Crippen LogP contribution in [0.1, 0.15) is 12.0 Å². The average Bonchev–Trinajstić information content (AvgIpc) is 2.29. The van der Waals surface area contributed by atoms with E-state index in [-0.39, 0.29) is 5.78 Å². The van der Waals surface area contributed by atoms with Crippen LogP contribution in [0.4, 0.5) is 0 Å². The fraction of sp³-hybridized carbons (Fsp3) is 0.167. The molecule has 0 bridgehead atoms. The highest BCUT2D eigenvalue weighted by Crippen LogP contribution is 2.15. The summed E-state index contributed by atoms with van der Waals surface area (Å²) in [7, 11) is 1.62. The van der Waals surface area contributed by atoms with E-state index in [0.717, 1.165) is 17.0 Å². The molecule has 0 saturated carbocycles. The topological polar surface area (TPSA) is 38.7 Å². The lowest BCUT2D eigenvalue weighted by Crippen LogP contribution is -2.10. The minimum atomic E-state index is 0.0934. The molecule has 1 aromatic carbocycles. The molecule has 1 aliphatic rings. The summed E-state index contributed by atoms with van der Waals surface area (Å²) in [6, 6.07) is 7.54. The van der Waals surface area contributed by atoms with Gasteiger partial charge in [-0.3, -0.25) is 9.79 Å². The Hall–Kier alpha value is -1.90. The highest BCUT2D eigenvalue weighted by atomic mass is 16.5. The largest absolute Gasteiger partial charge is 0.497 e. The molecule has 0 aromatic heterocycles. The van der Waals surface area contributed by atoms with E-state index >= 15 is 0 Å². The Labute approximate surface area is 88.1 Å². The van der Waals surface area contributed by atoms with Gasteiger partial charge in [0.05, 0.1) is 19.2 Å². The lowest BCUT2D eigenvalue weighted by Gasteiger charge is -2.07. The summed E-state index contributed by atoms with van der Waals surface area (Å²) < 4.78 is 5.06. The third-order valence-corrected chi connectivity index (χ3v) is 2.26. The molecule has 1 aromatic rings. The third-order valence-electron chi connectivity index (χ3n) is 2.26. The fourth-order valence-corrected chi connectivity index (χ4v) is 1.44. The van der Waals surface area contributed by atoms with Gasteiger partial charge < -0.3 is 4.74 Å². The van der Waals surface area contributed by atoms with Crippen molar-refractivity contribution in [3.8, 4) is 5.75 Å². The Bertz CT molecular complexity index is 429. The van der Waals surface area contributed by atoms with E-state index in [1.807, 2.05) is 24.3 Å². The van der Waals surface area contributed by atoms with Crippen molar-refractivity contribution in [3.05, 3.63) is 42.1 Å². The summed E-state index contributed by atoms with van der Waals surface area (Å²) in [5, 5.41) is 0. The van der Waals surface area contributed by atoms with Crippen LogP contribution in [0, 0.1) is 0 Å². The van der Waals surface area contributed by atoms with Crippen molar-refractivity contribution in [2.24, 2.45) is 4.99 Å². The van der Waals surface area contributed by atoms with E-state index in [4.69, 9.17) is 4.74 Å². The van der Waals surface area contributed by atoms with Crippen molar-refractivity contribution >= 4 is 11.5 Å². The molecule has 2 rings (SSSR count). The molecule has 3 nitrogen and oxygen atoms in total. The quantitative estimate of drug-likeness (QED) is 0.733. The van der Waals surface area contributed by atoms with E-state index in [0.29, 0.717) is 6.42 Å². The predicted molar refractivity (Wildman–Crippen MR) is 58.3 cm³/mol. The van der Waals surface area contributed by atoms with Gasteiger partial charge in [0, 0.05) is 6.20 Å². The van der Waals surface area contributed by atoms with Gasteiger partial charge in [-0.25, -0.2) is 0 Å². The molecular weight excluding hydrogens is 190 g/mol. The predicted octanol–water partition coefficient (Wildman–Crippen LogP) is 1.97. The maximum atomic E-state index is 11.2. The number of hydrogen-bond donors (Lipinski definition) is 0. The lowest BCUT2D eigenvalue weighted by molar-refractivity contribution is -0.113. The summed E-state index contributed by atoms with van der Waals surface area (Å²) in [6.07, 6.45) is 3.42. The first kappa shape index (κ1) is 9.65. The zero-order valence-corrected chi connectivity index (χ0v) is 8.43. The van der Waals surface area contributed by atoms with E-state index in [1.165, 1.54) is 6.08 Å². The molecule has 0 fully saturated rings. The van der Waals surface area contributed by atoms with Crippen molar-refractivity contribution in [2.45, 2.75) is 6.42 Å². The molecular formula is C12H11NO2. The first-order valence-corrected chi connectivity index (χ1v) is 4.70. The average molecular weight is 201 g/mol. The standard InChI is InChI=1S/C12H11NO2/c1-15-11-4-2-9(3-5-11)12-8-10(14)6-7-13-12/h2-7H,8H2,1H3. The van der Waals surface area contributed by atoms with Crippen molar-refractivity contribution < 1.29 is 9.53 Å². The van der Waals surface area contributed by atoms with Gasteiger partial charge in [-0.1, -0.05) is 0 Å². The van der Waals surface area contributed by atoms with Crippen molar-refractivity contribution in [1.29, 1.82) is 0 Å². The van der Waals surface area contributed by atoms with Gasteiger partial charge in [0.25, 0.3) is 0 Å². The van der Waals surface area contributed by atoms with Crippen molar-refractivity contribution in [2.75, 3.05) is 7.11 Å². The van der Waals surface area contributed by atoms with Gasteiger partial charge >= 0.3 is 0 Å². The number of rotatable bonds is 2. The monoisotopic (exact) mass is 201 g/mol. The second-order valence-electron chi connectivity index (χ2n) is 3.26. The summed E-state index contributed by atoms with van der Waals surface area (Å²) in [4.78, 5) is 15.4. The summed E-state index contributed by atoms with van der Waals surface area (Å²) in [5.74, 6) is 0.896. The van der Waals surface area contributed by atoms with Crippen LogP contribution in [0.25, 0.3) is 0 Å². The Balaban J connectivity index is 2.26. The van der Waals surface area contributed by atoms with E-state index < -0.39 is 0 Å². The number of aliphatic imine (C=N–C) groups is 1. The van der Waals surface area contributed by atoms with Gasteiger partial charge in [0.2, 0.25) is 0 Å². The molecule has 76 valence electrons. The smallest absolute Gasteiger partial charge is 0.163 e. The Kier molecular flexibility index (Phi) is 2.63. The number of allylic oxidation sites excluding steroid dienone is 1. The lowest BCUT2D eigenvalue weighted by atomic mass is 10.0. The Morgan fingerprint density at radius 1 is 1.27 bits per heavy atom.